The average molecular weight is 430 g/mol. The maximum absolute atomic E-state index is 12.2. The molecule has 162 valence electrons. The highest BCUT2D eigenvalue weighted by molar-refractivity contribution is 5.84. The van der Waals surface area contributed by atoms with Gasteiger partial charge in [-0.2, -0.15) is 5.26 Å². The first-order chi connectivity index (χ1) is 15.3. The summed E-state index contributed by atoms with van der Waals surface area (Å²) in [5.74, 6) is 5.67. The molecule has 0 aliphatic rings. The van der Waals surface area contributed by atoms with Crippen LogP contribution in [0.4, 0.5) is 10.5 Å². The molecule has 3 rings (SSSR count). The van der Waals surface area contributed by atoms with Gasteiger partial charge in [-0.05, 0) is 44.5 Å². The van der Waals surface area contributed by atoms with E-state index >= 15 is 0 Å². The van der Waals surface area contributed by atoms with E-state index in [1.165, 1.54) is 7.05 Å². The number of hydrogen-bond donors (Lipinski definition) is 2. The standard InChI is InChI=1S/C24H24N6O2/c1-15-8-7-11-22(28-24(31)30(4)29-26)21(15)14-32-23-16(2)12-20(17(3)27-23)19-10-6-5-9-18(19)13-25/h5-12,26H,14H2,1-4H3,(H,28,31)/p+1. The number of nitrogens with two attached hydrogens (primary N) is 1. The lowest BCUT2D eigenvalue weighted by atomic mass is 9.98. The molecule has 0 atom stereocenters. The predicted octanol–water partition coefficient (Wildman–Crippen LogP) is 4.62. The first-order valence-corrected chi connectivity index (χ1v) is 10.00. The first-order valence-electron chi connectivity index (χ1n) is 10.00. The Labute approximate surface area is 187 Å². The molecule has 0 saturated heterocycles. The van der Waals surface area contributed by atoms with Crippen LogP contribution >= 0.6 is 0 Å². The Morgan fingerprint density at radius 3 is 2.62 bits per heavy atom. The fourth-order valence-corrected chi connectivity index (χ4v) is 3.32. The molecule has 2 aromatic carbocycles. The lowest BCUT2D eigenvalue weighted by Crippen LogP contribution is -2.23. The van der Waals surface area contributed by atoms with Gasteiger partial charge < -0.3 is 4.74 Å². The smallest absolute Gasteiger partial charge is 0.459 e. The molecule has 1 aromatic heterocycles. The number of benzene rings is 2. The Hall–Kier alpha value is -4.25. The summed E-state index contributed by atoms with van der Waals surface area (Å²) in [4.78, 5) is 16.8. The molecule has 32 heavy (non-hydrogen) atoms. The van der Waals surface area contributed by atoms with E-state index in [0.29, 0.717) is 17.1 Å². The monoisotopic (exact) mass is 429 g/mol. The van der Waals surface area contributed by atoms with Gasteiger partial charge in [0.2, 0.25) is 5.88 Å². The van der Waals surface area contributed by atoms with Crippen molar-refractivity contribution in [2.75, 3.05) is 12.4 Å². The van der Waals surface area contributed by atoms with Crippen molar-refractivity contribution in [2.24, 2.45) is 11.1 Å². The summed E-state index contributed by atoms with van der Waals surface area (Å²) in [6.45, 7) is 5.96. The molecule has 8 heteroatoms. The van der Waals surface area contributed by atoms with Crippen molar-refractivity contribution in [2.45, 2.75) is 27.4 Å². The number of carbonyl (C=O) groups excluding carboxylic acids is 1. The third kappa shape index (κ3) is 4.73. The number of hydrogen-bond acceptors (Lipinski definition) is 5. The quantitative estimate of drug-likeness (QED) is 0.266. The van der Waals surface area contributed by atoms with Crippen molar-refractivity contribution in [1.29, 1.82) is 5.26 Å². The number of carbonyl (C=O) groups is 1. The fourth-order valence-electron chi connectivity index (χ4n) is 3.32. The van der Waals surface area contributed by atoms with Gasteiger partial charge in [-0.3, -0.25) is 0 Å². The molecule has 1 heterocycles. The van der Waals surface area contributed by atoms with Crippen LogP contribution in [0.3, 0.4) is 0 Å². The number of rotatable bonds is 5. The minimum Gasteiger partial charge on any atom is -0.472 e. The molecule has 0 unspecified atom stereocenters. The Morgan fingerprint density at radius 1 is 1.16 bits per heavy atom. The molecule has 3 N–H and O–H groups in total. The molecular weight excluding hydrogens is 404 g/mol. The van der Waals surface area contributed by atoms with Gasteiger partial charge in [0.25, 0.3) is 0 Å². The van der Waals surface area contributed by atoms with Crippen LogP contribution in [0.2, 0.25) is 0 Å². The maximum atomic E-state index is 12.2. The molecule has 0 bridgehead atoms. The molecule has 3 aromatic rings. The molecule has 0 radical (unpaired) electrons. The minimum absolute atomic E-state index is 0.215. The summed E-state index contributed by atoms with van der Waals surface area (Å²) in [6, 6.07) is 16.8. The highest BCUT2D eigenvalue weighted by Crippen LogP contribution is 2.30. The normalized spacial score (nSPS) is 11.0. The molecule has 0 fully saturated rings. The van der Waals surface area contributed by atoms with Gasteiger partial charge in [0.15, 0.2) is 0 Å². The molecule has 0 aliphatic heterocycles. The van der Waals surface area contributed by atoms with Crippen LogP contribution in [0.15, 0.2) is 53.8 Å². The highest BCUT2D eigenvalue weighted by atomic mass is 16.5. The van der Waals surface area contributed by atoms with Gasteiger partial charge in [0, 0.05) is 33.2 Å². The number of nitrogens with zero attached hydrogens (tertiary/aromatic N) is 4. The third-order valence-corrected chi connectivity index (χ3v) is 5.17. The highest BCUT2D eigenvalue weighted by Gasteiger charge is 2.17. The van der Waals surface area contributed by atoms with E-state index in [1.807, 2.05) is 57.2 Å². The van der Waals surface area contributed by atoms with Crippen LogP contribution in [0.5, 0.6) is 5.88 Å². The van der Waals surface area contributed by atoms with Crippen LogP contribution in [0, 0.1) is 32.1 Å². The Balaban J connectivity index is 1.88. The van der Waals surface area contributed by atoms with E-state index in [9.17, 15) is 10.1 Å². The Kier molecular flexibility index (Phi) is 6.80. The fraction of sp³-hybridized carbons (Fsp3) is 0.208. The van der Waals surface area contributed by atoms with Gasteiger partial charge in [-0.25, -0.2) is 20.9 Å². The zero-order valence-electron chi connectivity index (χ0n) is 18.5. The summed E-state index contributed by atoms with van der Waals surface area (Å²) < 4.78 is 7.07. The van der Waals surface area contributed by atoms with Gasteiger partial charge in [0.05, 0.1) is 18.7 Å². The molecular formula is C24H25N6O2+. The van der Waals surface area contributed by atoms with Gasteiger partial charge in [0.1, 0.15) is 12.3 Å². The maximum Gasteiger partial charge on any atom is 0.459 e. The first kappa shape index (κ1) is 22.4. The average Bonchev–Trinajstić information content (AvgIpc) is 2.79. The van der Waals surface area contributed by atoms with Crippen molar-refractivity contribution in [3.63, 3.8) is 0 Å². The second kappa shape index (κ2) is 9.71. The number of aromatic nitrogens is 1. The zero-order chi connectivity index (χ0) is 23.3. The SMILES string of the molecule is Cc1cc(-c2ccccc2C#N)c(C)nc1OCc1c(C)cccc1NC(=O)/[N+](C)=N\N. The Bertz CT molecular complexity index is 1240. The molecule has 0 saturated carbocycles. The Morgan fingerprint density at radius 2 is 1.91 bits per heavy atom. The van der Waals surface area contributed by atoms with Crippen LogP contribution in [0.1, 0.15) is 27.9 Å². The number of urea groups is 1. The van der Waals surface area contributed by atoms with Crippen molar-refractivity contribution in [1.82, 2.24) is 4.98 Å². The van der Waals surface area contributed by atoms with E-state index in [4.69, 9.17) is 10.6 Å². The summed E-state index contributed by atoms with van der Waals surface area (Å²) in [5.41, 5.74) is 6.34. The van der Waals surface area contributed by atoms with E-state index in [2.05, 4.69) is 21.6 Å². The number of aryl methyl sites for hydroxylation is 3. The van der Waals surface area contributed by atoms with Crippen molar-refractivity contribution in [3.05, 3.63) is 76.5 Å². The number of anilines is 1. The second-order valence-corrected chi connectivity index (χ2v) is 7.36. The lowest BCUT2D eigenvalue weighted by Gasteiger charge is -2.15. The van der Waals surface area contributed by atoms with E-state index < -0.39 is 6.03 Å². The summed E-state index contributed by atoms with van der Waals surface area (Å²) >= 11 is 0. The number of nitrogens with one attached hydrogen (secondary N) is 1. The van der Waals surface area contributed by atoms with Crippen LogP contribution in [-0.4, -0.2) is 22.8 Å². The number of nitriles is 1. The van der Waals surface area contributed by atoms with E-state index in [1.54, 1.807) is 12.1 Å². The lowest BCUT2D eigenvalue weighted by molar-refractivity contribution is -0.466. The van der Waals surface area contributed by atoms with E-state index in [-0.39, 0.29) is 6.61 Å². The number of pyridine rings is 1. The van der Waals surface area contributed by atoms with Crippen LogP contribution in [0.25, 0.3) is 11.1 Å². The number of ether oxygens (including phenoxy) is 1. The van der Waals surface area contributed by atoms with Crippen molar-refractivity contribution >= 4 is 11.7 Å². The molecule has 2 amide bonds. The van der Waals surface area contributed by atoms with E-state index in [0.717, 1.165) is 38.2 Å². The summed E-state index contributed by atoms with van der Waals surface area (Å²) in [7, 11) is 1.46. The van der Waals surface area contributed by atoms with Gasteiger partial charge in [-0.15, -0.1) is 4.70 Å². The molecule has 8 nitrogen and oxygen atoms in total. The van der Waals surface area contributed by atoms with Crippen LogP contribution in [-0.2, 0) is 6.61 Å². The van der Waals surface area contributed by atoms with Gasteiger partial charge >= 0.3 is 6.03 Å². The predicted molar refractivity (Wildman–Crippen MR) is 121 cm³/mol. The second-order valence-electron chi connectivity index (χ2n) is 7.36. The van der Waals surface area contributed by atoms with Crippen molar-refractivity contribution in [3.8, 4) is 23.1 Å². The third-order valence-electron chi connectivity index (χ3n) is 5.17. The molecule has 0 aliphatic carbocycles. The minimum atomic E-state index is -0.454. The largest absolute Gasteiger partial charge is 0.472 e. The van der Waals surface area contributed by atoms with Crippen molar-refractivity contribution < 1.29 is 14.2 Å². The molecule has 0 spiro atoms. The topological polar surface area (TPSA) is 116 Å². The summed E-state index contributed by atoms with van der Waals surface area (Å²) in [5, 5.41) is 15.6. The zero-order valence-corrected chi connectivity index (χ0v) is 18.5. The number of amides is 2. The van der Waals surface area contributed by atoms with Gasteiger partial charge in [-0.1, -0.05) is 30.3 Å². The summed E-state index contributed by atoms with van der Waals surface area (Å²) in [6.07, 6.45) is 0. The van der Waals surface area contributed by atoms with Crippen LogP contribution < -0.4 is 15.9 Å².